The fraction of sp³-hybridized carbons (Fsp3) is 0.278. The first kappa shape index (κ1) is 16.6. The van der Waals surface area contributed by atoms with Gasteiger partial charge in [-0.2, -0.15) is 0 Å². The predicted octanol–water partition coefficient (Wildman–Crippen LogP) is 4.96. The van der Waals surface area contributed by atoms with E-state index in [0.717, 1.165) is 21.3 Å². The molecule has 0 fully saturated rings. The van der Waals surface area contributed by atoms with Gasteiger partial charge in [0, 0.05) is 16.5 Å². The zero-order valence-electron chi connectivity index (χ0n) is 13.0. The molecule has 22 heavy (non-hydrogen) atoms. The highest BCUT2D eigenvalue weighted by Crippen LogP contribution is 2.29. The van der Waals surface area contributed by atoms with Crippen LogP contribution in [-0.4, -0.2) is 5.97 Å². The van der Waals surface area contributed by atoms with Crippen molar-refractivity contribution in [3.05, 3.63) is 57.6 Å². The molecule has 0 aromatic heterocycles. The Hall–Kier alpha value is -1.81. The maximum Gasteiger partial charge on any atom is 0.310 e. The van der Waals surface area contributed by atoms with E-state index >= 15 is 0 Å². The molecule has 2 aromatic rings. The average Bonchev–Trinajstić information content (AvgIpc) is 2.48. The third-order valence-electron chi connectivity index (χ3n) is 3.29. The Morgan fingerprint density at radius 2 is 1.91 bits per heavy atom. The van der Waals surface area contributed by atoms with Gasteiger partial charge in [0.05, 0.1) is 0 Å². The van der Waals surface area contributed by atoms with Crippen LogP contribution in [0.25, 0.3) is 0 Å². The highest BCUT2D eigenvalue weighted by Gasteiger charge is 2.12. The van der Waals surface area contributed by atoms with Gasteiger partial charge in [-0.1, -0.05) is 46.6 Å². The van der Waals surface area contributed by atoms with Gasteiger partial charge >= 0.3 is 5.97 Å². The van der Waals surface area contributed by atoms with E-state index in [1.165, 1.54) is 5.56 Å². The SMILES string of the molecule is CCC(=O)Oc1cccc(Br)c1COc1ccc(C)cc1C. The number of benzene rings is 2. The first-order valence-electron chi connectivity index (χ1n) is 7.19. The van der Waals surface area contributed by atoms with Crippen LogP contribution in [0, 0.1) is 13.8 Å². The standard InChI is InChI=1S/C18H19BrO3/c1-4-18(20)22-17-7-5-6-15(19)14(17)11-21-16-9-8-12(2)10-13(16)3/h5-10H,4,11H2,1-3H3. The highest BCUT2D eigenvalue weighted by molar-refractivity contribution is 9.10. The van der Waals surface area contributed by atoms with Crippen molar-refractivity contribution in [3.8, 4) is 11.5 Å². The van der Waals surface area contributed by atoms with Gasteiger partial charge in [0.1, 0.15) is 18.1 Å². The summed E-state index contributed by atoms with van der Waals surface area (Å²) in [5.41, 5.74) is 3.10. The molecular formula is C18H19BrO3. The minimum atomic E-state index is -0.258. The Bertz CT molecular complexity index is 680. The maximum absolute atomic E-state index is 11.5. The van der Waals surface area contributed by atoms with E-state index in [-0.39, 0.29) is 5.97 Å². The van der Waals surface area contributed by atoms with Crippen molar-refractivity contribution in [3.63, 3.8) is 0 Å². The van der Waals surface area contributed by atoms with Gasteiger partial charge in [0.15, 0.2) is 0 Å². The molecule has 0 spiro atoms. The lowest BCUT2D eigenvalue weighted by atomic mass is 10.1. The van der Waals surface area contributed by atoms with Gasteiger partial charge in [0.2, 0.25) is 0 Å². The van der Waals surface area contributed by atoms with Crippen molar-refractivity contribution in [2.24, 2.45) is 0 Å². The largest absolute Gasteiger partial charge is 0.488 e. The Kier molecular flexibility index (Phi) is 5.61. The van der Waals surface area contributed by atoms with Crippen LogP contribution in [-0.2, 0) is 11.4 Å². The van der Waals surface area contributed by atoms with Crippen LogP contribution >= 0.6 is 15.9 Å². The molecule has 0 aliphatic carbocycles. The number of rotatable bonds is 5. The number of hydrogen-bond acceptors (Lipinski definition) is 3. The summed E-state index contributed by atoms with van der Waals surface area (Å²) in [6.07, 6.45) is 0.337. The summed E-state index contributed by atoms with van der Waals surface area (Å²) in [7, 11) is 0. The predicted molar refractivity (Wildman–Crippen MR) is 90.3 cm³/mol. The van der Waals surface area contributed by atoms with Crippen LogP contribution in [0.1, 0.15) is 30.0 Å². The zero-order chi connectivity index (χ0) is 16.1. The number of ether oxygens (including phenoxy) is 2. The van der Waals surface area contributed by atoms with E-state index in [4.69, 9.17) is 9.47 Å². The molecule has 0 atom stereocenters. The Morgan fingerprint density at radius 1 is 1.14 bits per heavy atom. The number of carbonyl (C=O) groups is 1. The van der Waals surface area contributed by atoms with Gasteiger partial charge in [0.25, 0.3) is 0 Å². The van der Waals surface area contributed by atoms with Crippen molar-refractivity contribution in [2.45, 2.75) is 33.8 Å². The van der Waals surface area contributed by atoms with Crippen molar-refractivity contribution >= 4 is 21.9 Å². The molecule has 4 heteroatoms. The van der Waals surface area contributed by atoms with Crippen molar-refractivity contribution in [1.29, 1.82) is 0 Å². The summed E-state index contributed by atoms with van der Waals surface area (Å²) in [6, 6.07) is 11.6. The molecule has 0 aliphatic rings. The van der Waals surface area contributed by atoms with E-state index in [2.05, 4.69) is 22.0 Å². The minimum absolute atomic E-state index is 0.258. The second-order valence-electron chi connectivity index (χ2n) is 5.10. The first-order chi connectivity index (χ1) is 10.5. The summed E-state index contributed by atoms with van der Waals surface area (Å²) >= 11 is 3.49. The third kappa shape index (κ3) is 4.10. The van der Waals surface area contributed by atoms with Crippen LogP contribution in [0.2, 0.25) is 0 Å². The van der Waals surface area contributed by atoms with Crippen molar-refractivity contribution in [1.82, 2.24) is 0 Å². The molecule has 0 radical (unpaired) electrons. The van der Waals surface area contributed by atoms with Crippen molar-refractivity contribution < 1.29 is 14.3 Å². The molecule has 2 aromatic carbocycles. The second-order valence-corrected chi connectivity index (χ2v) is 5.96. The molecule has 0 unspecified atom stereocenters. The van der Waals surface area contributed by atoms with Gasteiger partial charge < -0.3 is 9.47 Å². The monoisotopic (exact) mass is 362 g/mol. The lowest BCUT2D eigenvalue weighted by molar-refractivity contribution is -0.134. The zero-order valence-corrected chi connectivity index (χ0v) is 14.6. The lowest BCUT2D eigenvalue weighted by Crippen LogP contribution is -2.09. The second kappa shape index (κ2) is 7.45. The van der Waals surface area contributed by atoms with Gasteiger partial charge in [-0.05, 0) is 37.6 Å². The lowest BCUT2D eigenvalue weighted by Gasteiger charge is -2.14. The van der Waals surface area contributed by atoms with Crippen LogP contribution in [0.15, 0.2) is 40.9 Å². The fourth-order valence-corrected chi connectivity index (χ4v) is 2.54. The van der Waals surface area contributed by atoms with Gasteiger partial charge in [-0.3, -0.25) is 4.79 Å². The number of carbonyl (C=O) groups excluding carboxylic acids is 1. The Morgan fingerprint density at radius 3 is 2.59 bits per heavy atom. The van der Waals surface area contributed by atoms with Crippen LogP contribution in [0.3, 0.4) is 0 Å². The highest BCUT2D eigenvalue weighted by atomic mass is 79.9. The quantitative estimate of drug-likeness (QED) is 0.556. The Balaban J connectivity index is 2.19. The third-order valence-corrected chi connectivity index (χ3v) is 4.03. The molecular weight excluding hydrogens is 344 g/mol. The van der Waals surface area contributed by atoms with Crippen LogP contribution in [0.5, 0.6) is 11.5 Å². The van der Waals surface area contributed by atoms with Gasteiger partial charge in [-0.15, -0.1) is 0 Å². The average molecular weight is 363 g/mol. The summed E-state index contributed by atoms with van der Waals surface area (Å²) in [5, 5.41) is 0. The normalized spacial score (nSPS) is 10.4. The summed E-state index contributed by atoms with van der Waals surface area (Å²) in [5.74, 6) is 1.10. The Labute approximate surface area is 139 Å². The molecule has 0 aliphatic heterocycles. The van der Waals surface area contributed by atoms with Crippen molar-refractivity contribution in [2.75, 3.05) is 0 Å². The summed E-state index contributed by atoms with van der Waals surface area (Å²) in [6.45, 7) is 6.16. The summed E-state index contributed by atoms with van der Waals surface area (Å²) in [4.78, 5) is 11.5. The van der Waals surface area contributed by atoms with Crippen LogP contribution < -0.4 is 9.47 Å². The number of aryl methyl sites for hydroxylation is 2. The van der Waals surface area contributed by atoms with Gasteiger partial charge in [-0.25, -0.2) is 0 Å². The number of hydrogen-bond donors (Lipinski definition) is 0. The molecule has 116 valence electrons. The fourth-order valence-electron chi connectivity index (χ4n) is 2.08. The molecule has 0 amide bonds. The number of halogens is 1. The first-order valence-corrected chi connectivity index (χ1v) is 7.98. The number of esters is 1. The molecule has 3 nitrogen and oxygen atoms in total. The minimum Gasteiger partial charge on any atom is -0.488 e. The van der Waals surface area contributed by atoms with E-state index in [1.54, 1.807) is 13.0 Å². The van der Waals surface area contributed by atoms with E-state index in [1.807, 2.05) is 38.1 Å². The maximum atomic E-state index is 11.5. The van der Waals surface area contributed by atoms with E-state index < -0.39 is 0 Å². The molecule has 0 bridgehead atoms. The molecule has 0 heterocycles. The molecule has 2 rings (SSSR count). The summed E-state index contributed by atoms with van der Waals surface area (Å²) < 4.78 is 12.1. The van der Waals surface area contributed by atoms with Crippen LogP contribution in [0.4, 0.5) is 0 Å². The van der Waals surface area contributed by atoms with E-state index in [9.17, 15) is 4.79 Å². The smallest absolute Gasteiger partial charge is 0.310 e. The molecule has 0 N–H and O–H groups in total. The molecule has 0 saturated carbocycles. The topological polar surface area (TPSA) is 35.5 Å². The van der Waals surface area contributed by atoms with E-state index in [0.29, 0.717) is 18.8 Å². The molecule has 0 saturated heterocycles.